The predicted molar refractivity (Wildman–Crippen MR) is 146 cm³/mol. The van der Waals surface area contributed by atoms with Crippen molar-refractivity contribution in [3.63, 3.8) is 0 Å². The number of aryl methyl sites for hydroxylation is 3. The summed E-state index contributed by atoms with van der Waals surface area (Å²) in [6, 6.07) is 15.0. The van der Waals surface area contributed by atoms with Crippen LogP contribution < -0.4 is 5.32 Å². The Kier molecular flexibility index (Phi) is 6.19. The lowest BCUT2D eigenvalue weighted by atomic mass is 10.0. The molecule has 9 heteroatoms. The molecule has 6 nitrogen and oxygen atoms in total. The molecule has 0 radical (unpaired) electrons. The summed E-state index contributed by atoms with van der Waals surface area (Å²) in [5.41, 5.74) is 3.37. The standard InChI is InChI=1S/C30H29F2N3O3S/c1-17-6-4-7-20(10-17)27-26(34-19(3)39-27)29(37)35(14-21-12-30(31,32)13-22(21)15-35)16-33-28(36)23-8-5-9-25-24(23)11-18(2)38-25/h4-11,21-22H,12-16H2,1-3H3/p+1/t21-,22+,35?. The number of quaternary nitrogens is 1. The molecule has 2 aromatic carbocycles. The minimum absolute atomic E-state index is 0.00723. The van der Waals surface area contributed by atoms with Gasteiger partial charge >= 0.3 is 5.91 Å². The van der Waals surface area contributed by atoms with E-state index in [9.17, 15) is 18.4 Å². The second kappa shape index (κ2) is 9.34. The molecule has 1 N–H and O–H groups in total. The van der Waals surface area contributed by atoms with Gasteiger partial charge in [0.25, 0.3) is 5.91 Å². The monoisotopic (exact) mass is 550 g/mol. The van der Waals surface area contributed by atoms with Gasteiger partial charge in [-0.05, 0) is 44.5 Å². The van der Waals surface area contributed by atoms with Gasteiger partial charge in [0.15, 0.2) is 12.4 Å². The van der Waals surface area contributed by atoms with E-state index < -0.39 is 5.92 Å². The maximum atomic E-state index is 14.4. The lowest BCUT2D eigenvalue weighted by Crippen LogP contribution is -2.57. The lowest BCUT2D eigenvalue weighted by molar-refractivity contribution is -0.842. The Morgan fingerprint density at radius 1 is 1.08 bits per heavy atom. The molecule has 3 heterocycles. The number of hydrogen-bond donors (Lipinski definition) is 1. The van der Waals surface area contributed by atoms with Crippen molar-refractivity contribution < 1.29 is 27.3 Å². The van der Waals surface area contributed by atoms with Crippen LogP contribution in [-0.4, -0.2) is 47.0 Å². The molecule has 2 aromatic heterocycles. The maximum absolute atomic E-state index is 14.4. The molecular formula is C30H30F2N3O3S+. The van der Waals surface area contributed by atoms with E-state index in [1.165, 1.54) is 11.3 Å². The third-order valence-electron chi connectivity index (χ3n) is 8.08. The Morgan fingerprint density at radius 2 is 1.79 bits per heavy atom. The van der Waals surface area contributed by atoms with E-state index in [-0.39, 0.29) is 60.7 Å². The highest BCUT2D eigenvalue weighted by molar-refractivity contribution is 7.15. The van der Waals surface area contributed by atoms with Crippen molar-refractivity contribution in [3.05, 3.63) is 76.1 Å². The number of alkyl halides is 2. The van der Waals surface area contributed by atoms with E-state index in [0.717, 1.165) is 21.0 Å². The van der Waals surface area contributed by atoms with Crippen LogP contribution in [0, 0.1) is 32.6 Å². The number of halogens is 2. The van der Waals surface area contributed by atoms with Gasteiger partial charge in [-0.1, -0.05) is 35.9 Å². The number of amides is 2. The van der Waals surface area contributed by atoms with Crippen LogP contribution in [0.4, 0.5) is 8.78 Å². The Labute approximate surface area is 229 Å². The summed E-state index contributed by atoms with van der Waals surface area (Å²) in [6.45, 7) is 6.18. The molecule has 1 aliphatic heterocycles. The van der Waals surface area contributed by atoms with Gasteiger partial charge in [0.2, 0.25) is 5.92 Å². The molecule has 4 aromatic rings. The highest BCUT2D eigenvalue weighted by Crippen LogP contribution is 2.49. The zero-order valence-corrected chi connectivity index (χ0v) is 22.9. The number of furan rings is 1. The number of fused-ring (bicyclic) bond motifs is 2. The molecule has 2 aliphatic rings. The van der Waals surface area contributed by atoms with Crippen LogP contribution in [-0.2, 0) is 0 Å². The highest BCUT2D eigenvalue weighted by atomic mass is 32.1. The average molecular weight is 551 g/mol. The first kappa shape index (κ1) is 25.8. The second-order valence-electron chi connectivity index (χ2n) is 11.1. The van der Waals surface area contributed by atoms with Gasteiger partial charge in [0, 0.05) is 30.1 Å². The topological polar surface area (TPSA) is 72.2 Å². The first-order valence-electron chi connectivity index (χ1n) is 13.1. The molecule has 1 aliphatic carbocycles. The highest BCUT2D eigenvalue weighted by Gasteiger charge is 2.59. The van der Waals surface area contributed by atoms with Crippen LogP contribution in [0.15, 0.2) is 52.9 Å². The van der Waals surface area contributed by atoms with Crippen molar-refractivity contribution in [3.8, 4) is 10.4 Å². The minimum Gasteiger partial charge on any atom is -0.461 e. The fourth-order valence-electron chi connectivity index (χ4n) is 6.43. The molecule has 6 rings (SSSR count). The fraction of sp³-hybridized carbons (Fsp3) is 0.367. The van der Waals surface area contributed by atoms with Gasteiger partial charge in [0.05, 0.1) is 28.5 Å². The number of benzene rings is 2. The van der Waals surface area contributed by atoms with Crippen LogP contribution in [0.25, 0.3) is 21.4 Å². The van der Waals surface area contributed by atoms with Crippen molar-refractivity contribution in [2.75, 3.05) is 19.8 Å². The average Bonchev–Trinajstić information content (AvgIpc) is 3.61. The van der Waals surface area contributed by atoms with Gasteiger partial charge in [-0.25, -0.2) is 23.0 Å². The fourth-order valence-corrected chi connectivity index (χ4v) is 7.34. The Hall–Kier alpha value is -3.43. The first-order valence-corrected chi connectivity index (χ1v) is 14.0. The Balaban J connectivity index is 1.35. The van der Waals surface area contributed by atoms with Crippen molar-refractivity contribution in [1.29, 1.82) is 0 Å². The van der Waals surface area contributed by atoms with E-state index in [2.05, 4.69) is 10.3 Å². The van der Waals surface area contributed by atoms with Gasteiger partial charge in [0.1, 0.15) is 11.3 Å². The number of hydrogen-bond acceptors (Lipinski definition) is 5. The van der Waals surface area contributed by atoms with Crippen LogP contribution in [0.5, 0.6) is 0 Å². The maximum Gasteiger partial charge on any atom is 0.367 e. The number of likely N-dealkylation sites (tertiary alicyclic amines) is 1. The van der Waals surface area contributed by atoms with Crippen LogP contribution >= 0.6 is 11.3 Å². The summed E-state index contributed by atoms with van der Waals surface area (Å²) in [4.78, 5) is 33.2. The summed E-state index contributed by atoms with van der Waals surface area (Å²) < 4.78 is 34.1. The Morgan fingerprint density at radius 3 is 2.51 bits per heavy atom. The summed E-state index contributed by atoms with van der Waals surface area (Å²) in [6.07, 6.45) is -0.458. The van der Waals surface area contributed by atoms with Gasteiger partial charge < -0.3 is 9.73 Å². The molecule has 1 unspecified atom stereocenters. The summed E-state index contributed by atoms with van der Waals surface area (Å²) in [5, 5.41) is 4.43. The number of thiazole rings is 1. The third kappa shape index (κ3) is 4.67. The third-order valence-corrected chi connectivity index (χ3v) is 9.10. The molecule has 2 amide bonds. The van der Waals surface area contributed by atoms with E-state index in [1.54, 1.807) is 18.2 Å². The molecule has 3 atom stereocenters. The summed E-state index contributed by atoms with van der Waals surface area (Å²) in [7, 11) is 0. The van der Waals surface area contributed by atoms with Crippen LogP contribution in [0.3, 0.4) is 0 Å². The number of carbonyl (C=O) groups is 2. The number of carbonyl (C=O) groups excluding carboxylic acids is 2. The van der Waals surface area contributed by atoms with E-state index >= 15 is 0 Å². The van der Waals surface area contributed by atoms with E-state index in [0.29, 0.717) is 28.0 Å². The van der Waals surface area contributed by atoms with Crippen molar-refractivity contribution >= 4 is 34.1 Å². The van der Waals surface area contributed by atoms with Crippen LogP contribution in [0.2, 0.25) is 0 Å². The lowest BCUT2D eigenvalue weighted by Gasteiger charge is -2.32. The smallest absolute Gasteiger partial charge is 0.367 e. The predicted octanol–water partition coefficient (Wildman–Crippen LogP) is 6.50. The zero-order valence-electron chi connectivity index (χ0n) is 22.1. The van der Waals surface area contributed by atoms with Crippen molar-refractivity contribution in [2.24, 2.45) is 11.8 Å². The van der Waals surface area contributed by atoms with Crippen LogP contribution in [0.1, 0.15) is 50.0 Å². The minimum atomic E-state index is -2.71. The molecule has 202 valence electrons. The molecule has 1 saturated carbocycles. The molecule has 2 fully saturated rings. The SMILES string of the molecule is Cc1cccc(-c2sc(C)nc2C(=O)[N+]2(CNC(=O)c3cccc4oc(C)cc34)C[C@H]3CC(F)(F)C[C@H]3C2)c1. The van der Waals surface area contributed by atoms with Gasteiger partial charge in [-0.15, -0.1) is 11.3 Å². The summed E-state index contributed by atoms with van der Waals surface area (Å²) >= 11 is 1.45. The molecule has 39 heavy (non-hydrogen) atoms. The van der Waals surface area contributed by atoms with E-state index in [1.807, 2.05) is 51.1 Å². The quantitative estimate of drug-likeness (QED) is 0.288. The molecule has 0 spiro atoms. The van der Waals surface area contributed by atoms with Gasteiger partial charge in [-0.3, -0.25) is 4.79 Å². The number of nitrogens with zero attached hydrogens (tertiary/aromatic N) is 2. The number of rotatable bonds is 5. The molecule has 1 saturated heterocycles. The number of aromatic nitrogens is 1. The Bertz CT molecular complexity index is 1590. The summed E-state index contributed by atoms with van der Waals surface area (Å²) in [5.74, 6) is -3.16. The largest absolute Gasteiger partial charge is 0.461 e. The molecular weight excluding hydrogens is 520 g/mol. The van der Waals surface area contributed by atoms with Crippen molar-refractivity contribution in [1.82, 2.24) is 10.3 Å². The number of nitrogens with one attached hydrogen (secondary N) is 1. The second-order valence-corrected chi connectivity index (χ2v) is 12.3. The normalized spacial score (nSPS) is 23.7. The van der Waals surface area contributed by atoms with Gasteiger partial charge in [-0.2, -0.15) is 0 Å². The molecule has 0 bridgehead atoms. The van der Waals surface area contributed by atoms with E-state index in [4.69, 9.17) is 4.42 Å². The van der Waals surface area contributed by atoms with Crippen molar-refractivity contribution in [2.45, 2.75) is 39.5 Å². The zero-order chi connectivity index (χ0) is 27.5. The first-order chi connectivity index (χ1) is 18.5.